The van der Waals surface area contributed by atoms with Crippen molar-refractivity contribution in [1.82, 2.24) is 0 Å². The Morgan fingerprint density at radius 2 is 2.15 bits per heavy atom. The number of carboxylic acid groups (broad SMARTS) is 1. The summed E-state index contributed by atoms with van der Waals surface area (Å²) in [5.41, 5.74) is 1.45. The highest BCUT2D eigenvalue weighted by atomic mass is 16.4. The summed E-state index contributed by atoms with van der Waals surface area (Å²) in [7, 11) is 1.70. The van der Waals surface area contributed by atoms with E-state index in [1.165, 1.54) is 12.1 Å². The van der Waals surface area contributed by atoms with Crippen LogP contribution in [-0.4, -0.2) is 23.2 Å². The maximum absolute atomic E-state index is 10.6. The van der Waals surface area contributed by atoms with E-state index in [0.717, 1.165) is 0 Å². The summed E-state index contributed by atoms with van der Waals surface area (Å²) < 4.78 is 0. The van der Waals surface area contributed by atoms with Gasteiger partial charge in [-0.2, -0.15) is 0 Å². The van der Waals surface area contributed by atoms with E-state index in [1.807, 2.05) is 0 Å². The number of rotatable bonds is 3. The van der Waals surface area contributed by atoms with Gasteiger partial charge in [0.15, 0.2) is 0 Å². The van der Waals surface area contributed by atoms with Crippen molar-refractivity contribution in [3.63, 3.8) is 0 Å². The summed E-state index contributed by atoms with van der Waals surface area (Å²) in [6, 6.07) is 4.66. The third-order valence-corrected chi connectivity index (χ3v) is 1.71. The predicted molar refractivity (Wildman–Crippen MR) is 48.9 cm³/mol. The van der Waals surface area contributed by atoms with E-state index >= 15 is 0 Å². The smallest absolute Gasteiger partial charge is 0.335 e. The van der Waals surface area contributed by atoms with Crippen molar-refractivity contribution in [2.75, 3.05) is 12.4 Å². The lowest BCUT2D eigenvalue weighted by Gasteiger charge is -2.04. The number of hydrogen-bond donors (Lipinski definition) is 3. The molecule has 0 aliphatic heterocycles. The third kappa shape index (κ3) is 2.19. The van der Waals surface area contributed by atoms with Crippen molar-refractivity contribution in [3.05, 3.63) is 29.3 Å². The lowest BCUT2D eigenvalue weighted by molar-refractivity contribution is 0.0696. The van der Waals surface area contributed by atoms with E-state index in [0.29, 0.717) is 11.3 Å². The molecule has 0 aromatic heterocycles. The standard InChI is InChI=1S/C9H11NO3/c1-10-8-3-6(5-11)2-7(4-8)9(12)13/h2-4,10-11H,5H2,1H3,(H,12,13). The molecule has 0 aliphatic rings. The molecule has 13 heavy (non-hydrogen) atoms. The van der Waals surface area contributed by atoms with Crippen LogP contribution in [0.3, 0.4) is 0 Å². The van der Waals surface area contributed by atoms with Crippen molar-refractivity contribution in [2.45, 2.75) is 6.61 Å². The van der Waals surface area contributed by atoms with E-state index < -0.39 is 5.97 Å². The zero-order valence-corrected chi connectivity index (χ0v) is 7.24. The van der Waals surface area contributed by atoms with Crippen LogP contribution in [0.2, 0.25) is 0 Å². The summed E-state index contributed by atoms with van der Waals surface area (Å²) in [4.78, 5) is 10.6. The van der Waals surface area contributed by atoms with Gasteiger partial charge in [0.05, 0.1) is 12.2 Å². The molecule has 4 nitrogen and oxygen atoms in total. The van der Waals surface area contributed by atoms with Crippen molar-refractivity contribution in [2.24, 2.45) is 0 Å². The minimum atomic E-state index is -0.994. The molecule has 0 heterocycles. The van der Waals surface area contributed by atoms with Gasteiger partial charge < -0.3 is 15.5 Å². The van der Waals surface area contributed by atoms with Gasteiger partial charge in [-0.05, 0) is 23.8 Å². The topological polar surface area (TPSA) is 69.6 Å². The Kier molecular flexibility index (Phi) is 2.87. The van der Waals surface area contributed by atoms with Crippen LogP contribution in [0.4, 0.5) is 5.69 Å². The first-order chi connectivity index (χ1) is 6.17. The Bertz CT molecular complexity index is 300. The summed E-state index contributed by atoms with van der Waals surface area (Å²) in [6.07, 6.45) is 0. The van der Waals surface area contributed by atoms with Gasteiger partial charge in [0, 0.05) is 12.7 Å². The van der Waals surface area contributed by atoms with Gasteiger partial charge in [-0.1, -0.05) is 0 Å². The van der Waals surface area contributed by atoms with Gasteiger partial charge in [-0.3, -0.25) is 0 Å². The molecule has 1 aromatic rings. The number of aromatic carboxylic acids is 1. The zero-order valence-electron chi connectivity index (χ0n) is 7.24. The molecule has 0 spiro atoms. The van der Waals surface area contributed by atoms with Crippen LogP contribution < -0.4 is 5.32 Å². The number of carbonyl (C=O) groups is 1. The second-order valence-corrected chi connectivity index (χ2v) is 2.63. The molecule has 4 heteroatoms. The fraction of sp³-hybridized carbons (Fsp3) is 0.222. The predicted octanol–water partition coefficient (Wildman–Crippen LogP) is 0.919. The largest absolute Gasteiger partial charge is 0.478 e. The van der Waals surface area contributed by atoms with Crippen molar-refractivity contribution in [3.8, 4) is 0 Å². The van der Waals surface area contributed by atoms with E-state index in [2.05, 4.69) is 5.32 Å². The molecule has 0 fully saturated rings. The Morgan fingerprint density at radius 1 is 1.46 bits per heavy atom. The molecular weight excluding hydrogens is 170 g/mol. The Hall–Kier alpha value is -1.55. The normalized spacial score (nSPS) is 9.69. The average Bonchev–Trinajstić information content (AvgIpc) is 2.16. The van der Waals surface area contributed by atoms with E-state index in [-0.39, 0.29) is 12.2 Å². The SMILES string of the molecule is CNc1cc(CO)cc(C(=O)O)c1. The Morgan fingerprint density at radius 3 is 2.62 bits per heavy atom. The molecule has 0 saturated carbocycles. The lowest BCUT2D eigenvalue weighted by atomic mass is 10.1. The van der Waals surface area contributed by atoms with Crippen molar-refractivity contribution < 1.29 is 15.0 Å². The van der Waals surface area contributed by atoms with Gasteiger partial charge in [-0.15, -0.1) is 0 Å². The maximum atomic E-state index is 10.6. The second-order valence-electron chi connectivity index (χ2n) is 2.63. The van der Waals surface area contributed by atoms with Gasteiger partial charge in [0.25, 0.3) is 0 Å². The summed E-state index contributed by atoms with van der Waals surface area (Å²) in [6.45, 7) is -0.157. The van der Waals surface area contributed by atoms with Gasteiger partial charge in [0.1, 0.15) is 0 Å². The van der Waals surface area contributed by atoms with Crippen LogP contribution in [-0.2, 0) is 6.61 Å². The molecule has 0 atom stereocenters. The quantitative estimate of drug-likeness (QED) is 0.648. The summed E-state index contributed by atoms with van der Waals surface area (Å²) in [5.74, 6) is -0.994. The van der Waals surface area contributed by atoms with E-state index in [1.54, 1.807) is 13.1 Å². The number of aliphatic hydroxyl groups excluding tert-OH is 1. The van der Waals surface area contributed by atoms with E-state index in [9.17, 15) is 4.79 Å². The molecule has 0 saturated heterocycles. The molecule has 0 radical (unpaired) electrons. The van der Waals surface area contributed by atoms with Crippen LogP contribution in [0.5, 0.6) is 0 Å². The van der Waals surface area contributed by atoms with Gasteiger partial charge >= 0.3 is 5.97 Å². The lowest BCUT2D eigenvalue weighted by Crippen LogP contribution is -2.00. The first-order valence-corrected chi connectivity index (χ1v) is 3.83. The minimum Gasteiger partial charge on any atom is -0.478 e. The van der Waals surface area contributed by atoms with Crippen molar-refractivity contribution >= 4 is 11.7 Å². The van der Waals surface area contributed by atoms with Crippen LogP contribution in [0, 0.1) is 0 Å². The average molecular weight is 181 g/mol. The monoisotopic (exact) mass is 181 g/mol. The molecule has 0 bridgehead atoms. The van der Waals surface area contributed by atoms with Crippen LogP contribution in [0.25, 0.3) is 0 Å². The highest BCUT2D eigenvalue weighted by Crippen LogP contribution is 2.14. The Balaban J connectivity index is 3.14. The molecule has 70 valence electrons. The van der Waals surface area contributed by atoms with Crippen molar-refractivity contribution in [1.29, 1.82) is 0 Å². The van der Waals surface area contributed by atoms with Crippen LogP contribution in [0.1, 0.15) is 15.9 Å². The van der Waals surface area contributed by atoms with Crippen LogP contribution >= 0.6 is 0 Å². The van der Waals surface area contributed by atoms with Gasteiger partial charge in [0.2, 0.25) is 0 Å². The summed E-state index contributed by atoms with van der Waals surface area (Å²) >= 11 is 0. The fourth-order valence-electron chi connectivity index (χ4n) is 1.05. The number of anilines is 1. The number of benzene rings is 1. The number of aliphatic hydroxyl groups is 1. The molecule has 1 aromatic carbocycles. The van der Waals surface area contributed by atoms with E-state index in [4.69, 9.17) is 10.2 Å². The number of carboxylic acids is 1. The number of hydrogen-bond acceptors (Lipinski definition) is 3. The molecule has 0 unspecified atom stereocenters. The first kappa shape index (κ1) is 9.54. The molecule has 0 aliphatic carbocycles. The highest BCUT2D eigenvalue weighted by Gasteiger charge is 2.05. The fourth-order valence-corrected chi connectivity index (χ4v) is 1.05. The minimum absolute atomic E-state index is 0.157. The third-order valence-electron chi connectivity index (χ3n) is 1.71. The summed E-state index contributed by atoms with van der Waals surface area (Å²) in [5, 5.41) is 20.4. The molecule has 1 rings (SSSR count). The number of nitrogens with one attached hydrogen (secondary N) is 1. The zero-order chi connectivity index (χ0) is 9.84. The molecule has 3 N–H and O–H groups in total. The maximum Gasteiger partial charge on any atom is 0.335 e. The molecule has 0 amide bonds. The Labute approximate surface area is 75.8 Å². The second kappa shape index (κ2) is 3.91. The highest BCUT2D eigenvalue weighted by molar-refractivity contribution is 5.89. The first-order valence-electron chi connectivity index (χ1n) is 3.83. The van der Waals surface area contributed by atoms with Gasteiger partial charge in [-0.25, -0.2) is 4.79 Å². The molecular formula is C9H11NO3. The van der Waals surface area contributed by atoms with Crippen LogP contribution in [0.15, 0.2) is 18.2 Å².